The second kappa shape index (κ2) is 7.16. The summed E-state index contributed by atoms with van der Waals surface area (Å²) in [4.78, 5) is 32.5. The number of nitrogens with zero attached hydrogens (tertiary/aromatic N) is 2. The van der Waals surface area contributed by atoms with E-state index in [1.165, 1.54) is 0 Å². The molecule has 4 aromatic rings. The number of amides is 3. The van der Waals surface area contributed by atoms with Crippen molar-refractivity contribution >= 4 is 22.7 Å². The number of imide groups is 1. The number of imidazole rings is 1. The summed E-state index contributed by atoms with van der Waals surface area (Å²) in [6, 6.07) is 12.1. The highest BCUT2D eigenvalue weighted by atomic mass is 16.5. The third-order valence-corrected chi connectivity index (χ3v) is 5.81. The van der Waals surface area contributed by atoms with Crippen molar-refractivity contribution in [2.45, 2.75) is 19.0 Å². The topological polar surface area (TPSA) is 121 Å². The van der Waals surface area contributed by atoms with Gasteiger partial charge in [-0.15, -0.1) is 0 Å². The standard InChI is InChI=1S/C23H21N5O4/c1-13-24-10-19(25-13)14-3-6-16(7-4-14)23(21(30)26-22(31)27-23)12-28-11-15-5-8-17(32-2)9-18(15)20(28)29/h3-11,29H,12H2,1-2H3,(H,24,25)(H2,26,27,30,31)/t23-/m1/s1. The van der Waals surface area contributed by atoms with Gasteiger partial charge in [0.1, 0.15) is 11.6 Å². The first-order chi connectivity index (χ1) is 15.4. The van der Waals surface area contributed by atoms with Crippen molar-refractivity contribution in [2.24, 2.45) is 0 Å². The lowest BCUT2D eigenvalue weighted by atomic mass is 9.89. The van der Waals surface area contributed by atoms with Crippen LogP contribution >= 0.6 is 0 Å². The fraction of sp³-hybridized carbons (Fsp3) is 0.174. The number of aromatic hydroxyl groups is 1. The van der Waals surface area contributed by atoms with Crippen molar-refractivity contribution in [1.29, 1.82) is 0 Å². The average molecular weight is 431 g/mol. The molecule has 9 heteroatoms. The summed E-state index contributed by atoms with van der Waals surface area (Å²) in [6.45, 7) is 1.88. The second-order valence-corrected chi connectivity index (χ2v) is 7.81. The molecule has 2 aromatic heterocycles. The van der Waals surface area contributed by atoms with E-state index in [4.69, 9.17) is 4.74 Å². The molecule has 9 nitrogen and oxygen atoms in total. The number of H-pyrrole nitrogens is 1. The Morgan fingerprint density at radius 3 is 2.56 bits per heavy atom. The maximum Gasteiger partial charge on any atom is 0.322 e. The fourth-order valence-electron chi connectivity index (χ4n) is 4.13. The minimum atomic E-state index is -1.38. The number of carbonyl (C=O) groups is 2. The molecule has 1 atom stereocenters. The van der Waals surface area contributed by atoms with Gasteiger partial charge in [0.25, 0.3) is 5.91 Å². The van der Waals surface area contributed by atoms with Gasteiger partial charge in [0.05, 0.1) is 25.5 Å². The molecule has 3 amide bonds. The number of methoxy groups -OCH3 is 1. The number of aryl methyl sites for hydroxylation is 1. The lowest BCUT2D eigenvalue weighted by molar-refractivity contribution is -0.124. The predicted octanol–water partition coefficient (Wildman–Crippen LogP) is 2.79. The van der Waals surface area contributed by atoms with Crippen LogP contribution < -0.4 is 15.4 Å². The molecule has 0 bridgehead atoms. The van der Waals surface area contributed by atoms with Crippen LogP contribution in [0.3, 0.4) is 0 Å². The first-order valence-electron chi connectivity index (χ1n) is 10.0. The van der Waals surface area contributed by atoms with E-state index >= 15 is 0 Å². The van der Waals surface area contributed by atoms with Crippen LogP contribution in [0, 0.1) is 6.92 Å². The summed E-state index contributed by atoms with van der Waals surface area (Å²) in [5.41, 5.74) is 0.966. The molecule has 3 heterocycles. The van der Waals surface area contributed by atoms with Crippen LogP contribution in [-0.2, 0) is 16.9 Å². The van der Waals surface area contributed by atoms with Gasteiger partial charge in [0, 0.05) is 17.0 Å². The lowest BCUT2D eigenvalue weighted by Gasteiger charge is -2.27. The summed E-state index contributed by atoms with van der Waals surface area (Å²) in [7, 11) is 1.55. The highest BCUT2D eigenvalue weighted by Crippen LogP contribution is 2.35. The van der Waals surface area contributed by atoms with E-state index in [1.54, 1.807) is 48.3 Å². The Morgan fingerprint density at radius 2 is 1.94 bits per heavy atom. The van der Waals surface area contributed by atoms with E-state index in [-0.39, 0.29) is 12.4 Å². The monoisotopic (exact) mass is 431 g/mol. The molecular formula is C23H21N5O4. The quantitative estimate of drug-likeness (QED) is 0.362. The summed E-state index contributed by atoms with van der Waals surface area (Å²) >= 11 is 0. The van der Waals surface area contributed by atoms with Gasteiger partial charge in [-0.05, 0) is 36.2 Å². The summed E-state index contributed by atoms with van der Waals surface area (Å²) in [6.07, 6.45) is 3.48. The van der Waals surface area contributed by atoms with Crippen molar-refractivity contribution in [3.05, 3.63) is 66.2 Å². The van der Waals surface area contributed by atoms with E-state index < -0.39 is 17.5 Å². The SMILES string of the molecule is COc1ccc2cn(C[C@]3(c4ccc(-c5cnc(C)[nH]5)cc4)NC(=O)NC3=O)c(O)c2c1. The van der Waals surface area contributed by atoms with Crippen LogP contribution in [-0.4, -0.2) is 38.7 Å². The normalized spacial score (nSPS) is 18.1. The largest absolute Gasteiger partial charge is 0.497 e. The van der Waals surface area contributed by atoms with Crippen molar-refractivity contribution < 1.29 is 19.4 Å². The van der Waals surface area contributed by atoms with Gasteiger partial charge in [0.2, 0.25) is 0 Å². The number of hydrogen-bond donors (Lipinski definition) is 4. The van der Waals surface area contributed by atoms with Crippen molar-refractivity contribution in [3.63, 3.8) is 0 Å². The number of aromatic nitrogens is 3. The Bertz CT molecular complexity index is 1350. The van der Waals surface area contributed by atoms with Crippen LogP contribution in [0.1, 0.15) is 11.4 Å². The second-order valence-electron chi connectivity index (χ2n) is 7.81. The average Bonchev–Trinajstić information content (AvgIpc) is 3.44. The molecule has 1 fully saturated rings. The Morgan fingerprint density at radius 1 is 1.16 bits per heavy atom. The Labute approximate surface area is 183 Å². The maximum absolute atomic E-state index is 13.0. The molecule has 32 heavy (non-hydrogen) atoms. The van der Waals surface area contributed by atoms with Crippen molar-refractivity contribution in [2.75, 3.05) is 7.11 Å². The minimum absolute atomic E-state index is 0.00984. The number of aromatic amines is 1. The molecule has 0 unspecified atom stereocenters. The molecular weight excluding hydrogens is 410 g/mol. The number of rotatable bonds is 5. The Hall–Kier alpha value is -4.27. The molecule has 5 rings (SSSR count). The van der Waals surface area contributed by atoms with Gasteiger partial charge in [-0.25, -0.2) is 9.78 Å². The smallest absolute Gasteiger partial charge is 0.322 e. The number of urea groups is 1. The zero-order chi connectivity index (χ0) is 22.5. The van der Waals surface area contributed by atoms with E-state index in [0.29, 0.717) is 16.7 Å². The molecule has 0 spiro atoms. The summed E-state index contributed by atoms with van der Waals surface area (Å²) in [5, 5.41) is 17.3. The van der Waals surface area contributed by atoms with Gasteiger partial charge in [-0.3, -0.25) is 10.1 Å². The molecule has 162 valence electrons. The van der Waals surface area contributed by atoms with Crippen LogP contribution in [0.25, 0.3) is 22.0 Å². The third-order valence-electron chi connectivity index (χ3n) is 5.81. The maximum atomic E-state index is 13.0. The van der Waals surface area contributed by atoms with E-state index in [0.717, 1.165) is 22.5 Å². The number of nitrogens with one attached hydrogen (secondary N) is 3. The molecule has 1 aliphatic rings. The number of ether oxygens (including phenoxy) is 1. The summed E-state index contributed by atoms with van der Waals surface area (Å²) in [5.74, 6) is 0.908. The number of carbonyl (C=O) groups excluding carboxylic acids is 2. The Kier molecular flexibility index (Phi) is 4.40. The molecule has 4 N–H and O–H groups in total. The van der Waals surface area contributed by atoms with Crippen molar-refractivity contribution in [1.82, 2.24) is 25.2 Å². The first-order valence-corrected chi connectivity index (χ1v) is 10.0. The van der Waals surface area contributed by atoms with E-state index in [1.807, 2.05) is 25.1 Å². The van der Waals surface area contributed by atoms with Gasteiger partial charge in [-0.2, -0.15) is 0 Å². The van der Waals surface area contributed by atoms with E-state index in [2.05, 4.69) is 20.6 Å². The van der Waals surface area contributed by atoms with Gasteiger partial charge in [-0.1, -0.05) is 24.3 Å². The zero-order valence-electron chi connectivity index (χ0n) is 17.5. The van der Waals surface area contributed by atoms with Gasteiger partial charge >= 0.3 is 6.03 Å². The number of hydrogen-bond acceptors (Lipinski definition) is 5. The van der Waals surface area contributed by atoms with Crippen molar-refractivity contribution in [3.8, 4) is 22.9 Å². The molecule has 0 aliphatic carbocycles. The fourth-order valence-corrected chi connectivity index (χ4v) is 4.13. The molecule has 2 aromatic carbocycles. The highest BCUT2D eigenvalue weighted by Gasteiger charge is 2.48. The Balaban J connectivity index is 1.56. The minimum Gasteiger partial charge on any atom is -0.497 e. The van der Waals surface area contributed by atoms with Crippen LogP contribution in [0.5, 0.6) is 11.6 Å². The van der Waals surface area contributed by atoms with Crippen LogP contribution in [0.4, 0.5) is 4.79 Å². The first kappa shape index (κ1) is 19.7. The molecule has 1 saturated heterocycles. The van der Waals surface area contributed by atoms with Gasteiger partial charge in [0.15, 0.2) is 11.4 Å². The lowest BCUT2D eigenvalue weighted by Crippen LogP contribution is -2.47. The van der Waals surface area contributed by atoms with Crippen LogP contribution in [0.15, 0.2) is 54.9 Å². The third kappa shape index (κ3) is 3.06. The van der Waals surface area contributed by atoms with E-state index in [9.17, 15) is 14.7 Å². The molecule has 1 aliphatic heterocycles. The summed E-state index contributed by atoms with van der Waals surface area (Å²) < 4.78 is 6.80. The molecule has 0 saturated carbocycles. The zero-order valence-corrected chi connectivity index (χ0v) is 17.5. The predicted molar refractivity (Wildman–Crippen MR) is 117 cm³/mol. The number of fused-ring (bicyclic) bond motifs is 1. The van der Waals surface area contributed by atoms with Crippen LogP contribution in [0.2, 0.25) is 0 Å². The highest BCUT2D eigenvalue weighted by molar-refractivity contribution is 6.07. The number of benzene rings is 2. The van der Waals surface area contributed by atoms with Gasteiger partial charge < -0.3 is 24.7 Å². The molecule has 0 radical (unpaired) electrons.